The summed E-state index contributed by atoms with van der Waals surface area (Å²) in [5.41, 5.74) is 1.78. The molecule has 1 aromatic rings. The fourth-order valence-electron chi connectivity index (χ4n) is 2.63. The van der Waals surface area contributed by atoms with Crippen molar-refractivity contribution in [3.05, 3.63) is 34.3 Å². The van der Waals surface area contributed by atoms with Crippen molar-refractivity contribution in [2.24, 2.45) is 0 Å². The van der Waals surface area contributed by atoms with Crippen molar-refractivity contribution in [3.63, 3.8) is 0 Å². The van der Waals surface area contributed by atoms with Gasteiger partial charge in [-0.1, -0.05) is 53.4 Å². The second-order valence-electron chi connectivity index (χ2n) is 4.48. The van der Waals surface area contributed by atoms with Gasteiger partial charge in [0.25, 0.3) is 0 Å². The molecule has 0 unspecified atom stereocenters. The van der Waals surface area contributed by atoms with E-state index in [1.165, 1.54) is 42.1 Å². The number of thiol groups is 1. The normalized spacial score (nSPS) is 20.1. The van der Waals surface area contributed by atoms with Gasteiger partial charge in [-0.3, -0.25) is 0 Å². The summed E-state index contributed by atoms with van der Waals surface area (Å²) >= 11 is 8.26. The van der Waals surface area contributed by atoms with Crippen molar-refractivity contribution in [1.82, 2.24) is 0 Å². The predicted octanol–water partition coefficient (Wildman–Crippen LogP) is 4.58. The molecule has 1 aromatic carbocycles. The van der Waals surface area contributed by atoms with E-state index in [0.717, 1.165) is 5.75 Å². The molecule has 1 aliphatic rings. The molecule has 0 aromatic heterocycles. The Morgan fingerprint density at radius 2 is 1.80 bits per heavy atom. The fourth-order valence-corrected chi connectivity index (χ4v) is 3.82. The molecular weight excluding hydrogens is 268 g/mol. The molecule has 1 aliphatic carbocycles. The first-order valence-corrected chi connectivity index (χ1v) is 7.07. The monoisotopic (exact) mass is 284 g/mol. The van der Waals surface area contributed by atoms with E-state index in [2.05, 4.69) is 52.8 Å². The lowest BCUT2D eigenvalue weighted by atomic mass is 9.71. The minimum atomic E-state index is 0.321. The van der Waals surface area contributed by atoms with Crippen LogP contribution in [0.2, 0.25) is 0 Å². The zero-order valence-electron chi connectivity index (χ0n) is 8.88. The lowest BCUT2D eigenvalue weighted by Gasteiger charge is -2.37. The average Bonchev–Trinajstić information content (AvgIpc) is 2.30. The molecule has 0 atom stereocenters. The van der Waals surface area contributed by atoms with Gasteiger partial charge in [-0.05, 0) is 30.2 Å². The van der Waals surface area contributed by atoms with Crippen LogP contribution >= 0.6 is 28.6 Å². The van der Waals surface area contributed by atoms with Crippen LogP contribution in [0.1, 0.15) is 37.7 Å². The van der Waals surface area contributed by atoms with Crippen LogP contribution in [0, 0.1) is 0 Å². The second-order valence-corrected chi connectivity index (χ2v) is 5.65. The molecule has 0 radical (unpaired) electrons. The number of halogens is 1. The average molecular weight is 285 g/mol. The first-order chi connectivity index (χ1) is 7.28. The Hall–Kier alpha value is 0.0500. The third-order valence-corrected chi connectivity index (χ3v) is 4.86. The molecule has 15 heavy (non-hydrogen) atoms. The molecule has 1 saturated carbocycles. The zero-order valence-corrected chi connectivity index (χ0v) is 11.4. The van der Waals surface area contributed by atoms with Crippen LogP contribution in [-0.4, -0.2) is 5.75 Å². The molecule has 0 aliphatic heterocycles. The van der Waals surface area contributed by atoms with Crippen LogP contribution in [0.25, 0.3) is 0 Å². The van der Waals surface area contributed by atoms with Crippen molar-refractivity contribution in [1.29, 1.82) is 0 Å². The van der Waals surface area contributed by atoms with Crippen molar-refractivity contribution >= 4 is 28.6 Å². The maximum Gasteiger partial charge on any atom is 0.0213 e. The third-order valence-electron chi connectivity index (χ3n) is 3.56. The van der Waals surface area contributed by atoms with Crippen LogP contribution < -0.4 is 0 Å². The first-order valence-electron chi connectivity index (χ1n) is 5.64. The van der Waals surface area contributed by atoms with Gasteiger partial charge in [-0.25, -0.2) is 0 Å². The van der Waals surface area contributed by atoms with Crippen LogP contribution in [0.3, 0.4) is 0 Å². The quantitative estimate of drug-likeness (QED) is 0.755. The fraction of sp³-hybridized carbons (Fsp3) is 0.538. The maximum atomic E-state index is 4.59. The number of hydrogen-bond donors (Lipinski definition) is 1. The summed E-state index contributed by atoms with van der Waals surface area (Å²) in [6.07, 6.45) is 6.67. The largest absolute Gasteiger partial charge is 0.178 e. The summed E-state index contributed by atoms with van der Waals surface area (Å²) in [4.78, 5) is 0. The summed E-state index contributed by atoms with van der Waals surface area (Å²) in [7, 11) is 0. The van der Waals surface area contributed by atoms with Gasteiger partial charge in [0.15, 0.2) is 0 Å². The molecule has 2 heteroatoms. The van der Waals surface area contributed by atoms with Gasteiger partial charge in [0, 0.05) is 9.89 Å². The van der Waals surface area contributed by atoms with Crippen LogP contribution in [0.4, 0.5) is 0 Å². The topological polar surface area (TPSA) is 0 Å². The molecule has 0 bridgehead atoms. The van der Waals surface area contributed by atoms with E-state index in [1.54, 1.807) is 0 Å². The highest BCUT2D eigenvalue weighted by Crippen LogP contribution is 2.42. The van der Waals surface area contributed by atoms with Crippen molar-refractivity contribution in [2.45, 2.75) is 37.5 Å². The molecule has 82 valence electrons. The summed E-state index contributed by atoms with van der Waals surface area (Å²) in [6, 6.07) is 8.63. The minimum absolute atomic E-state index is 0.321. The van der Waals surface area contributed by atoms with Crippen LogP contribution in [0.15, 0.2) is 28.7 Å². The summed E-state index contributed by atoms with van der Waals surface area (Å²) in [5, 5.41) is 0. The Morgan fingerprint density at radius 1 is 1.13 bits per heavy atom. The number of rotatable bonds is 2. The Morgan fingerprint density at radius 3 is 2.40 bits per heavy atom. The van der Waals surface area contributed by atoms with Crippen molar-refractivity contribution in [3.8, 4) is 0 Å². The Labute approximate surface area is 106 Å². The summed E-state index contributed by atoms with van der Waals surface area (Å²) < 4.78 is 1.25. The highest BCUT2D eigenvalue weighted by molar-refractivity contribution is 9.10. The SMILES string of the molecule is SCC1(c2ccccc2Br)CCCCC1. The van der Waals surface area contributed by atoms with Crippen LogP contribution in [0.5, 0.6) is 0 Å². The molecule has 0 nitrogen and oxygen atoms in total. The van der Waals surface area contributed by atoms with Gasteiger partial charge in [-0.2, -0.15) is 12.6 Å². The van der Waals surface area contributed by atoms with Gasteiger partial charge < -0.3 is 0 Å². The molecule has 1 fully saturated rings. The smallest absolute Gasteiger partial charge is 0.0213 e. The van der Waals surface area contributed by atoms with E-state index >= 15 is 0 Å². The van der Waals surface area contributed by atoms with Gasteiger partial charge in [0.2, 0.25) is 0 Å². The molecule has 0 spiro atoms. The van der Waals surface area contributed by atoms with Gasteiger partial charge >= 0.3 is 0 Å². The molecule has 0 N–H and O–H groups in total. The minimum Gasteiger partial charge on any atom is -0.178 e. The molecule has 0 heterocycles. The van der Waals surface area contributed by atoms with E-state index in [9.17, 15) is 0 Å². The third kappa shape index (κ3) is 2.26. The molecule has 0 saturated heterocycles. The standard InChI is InChI=1S/C13H17BrS/c14-12-7-3-2-6-11(12)13(10-15)8-4-1-5-9-13/h2-3,6-7,15H,1,4-5,8-10H2. The lowest BCUT2D eigenvalue weighted by molar-refractivity contribution is 0.325. The van der Waals surface area contributed by atoms with E-state index in [1.807, 2.05) is 0 Å². The highest BCUT2D eigenvalue weighted by atomic mass is 79.9. The number of benzene rings is 1. The van der Waals surface area contributed by atoms with Gasteiger partial charge in [0.1, 0.15) is 0 Å². The first kappa shape index (κ1) is 11.5. The van der Waals surface area contributed by atoms with Crippen molar-refractivity contribution < 1.29 is 0 Å². The Bertz CT molecular complexity index is 329. The van der Waals surface area contributed by atoms with Gasteiger partial charge in [0.05, 0.1) is 0 Å². The molecule has 2 rings (SSSR count). The van der Waals surface area contributed by atoms with E-state index in [-0.39, 0.29) is 0 Å². The van der Waals surface area contributed by atoms with E-state index in [0.29, 0.717) is 5.41 Å². The zero-order chi connectivity index (χ0) is 10.7. The highest BCUT2D eigenvalue weighted by Gasteiger charge is 2.33. The van der Waals surface area contributed by atoms with E-state index < -0.39 is 0 Å². The molecule has 0 amide bonds. The van der Waals surface area contributed by atoms with E-state index in [4.69, 9.17) is 0 Å². The van der Waals surface area contributed by atoms with Crippen LogP contribution in [-0.2, 0) is 5.41 Å². The van der Waals surface area contributed by atoms with Crippen molar-refractivity contribution in [2.75, 3.05) is 5.75 Å². The predicted molar refractivity (Wildman–Crippen MR) is 72.8 cm³/mol. The Kier molecular flexibility index (Phi) is 3.78. The summed E-state index contributed by atoms with van der Waals surface area (Å²) in [5.74, 6) is 0.968. The summed E-state index contributed by atoms with van der Waals surface area (Å²) in [6.45, 7) is 0. The second kappa shape index (κ2) is 4.92. The Balaban J connectivity index is 2.36. The molecular formula is C13H17BrS. The van der Waals surface area contributed by atoms with Gasteiger partial charge in [-0.15, -0.1) is 0 Å². The number of hydrogen-bond acceptors (Lipinski definition) is 1. The maximum absolute atomic E-state index is 4.59. The lowest BCUT2D eigenvalue weighted by Crippen LogP contribution is -2.31.